The molecule has 0 aromatic heterocycles. The monoisotopic (exact) mass is 497 g/mol. The minimum atomic E-state index is -3.93. The quantitative estimate of drug-likeness (QED) is 0.624. The number of amides is 1. The number of hydrogen-bond acceptors (Lipinski definition) is 5. The molecule has 2 unspecified atom stereocenters. The summed E-state index contributed by atoms with van der Waals surface area (Å²) in [5.41, 5.74) is -1.17. The van der Waals surface area contributed by atoms with Gasteiger partial charge in [-0.15, -0.1) is 0 Å². The second-order valence-electron chi connectivity index (χ2n) is 8.87. The van der Waals surface area contributed by atoms with Crippen molar-refractivity contribution in [3.63, 3.8) is 0 Å². The Balaban J connectivity index is 1.55. The molecule has 1 amide bonds. The molecule has 2 N–H and O–H groups in total. The second-order valence-corrected chi connectivity index (χ2v) is 11.5. The third-order valence-electron chi connectivity index (χ3n) is 6.73. The lowest BCUT2D eigenvalue weighted by atomic mass is 9.52. The second kappa shape index (κ2) is 8.45. The van der Waals surface area contributed by atoms with Crippen molar-refractivity contribution in [2.24, 2.45) is 11.8 Å². The van der Waals surface area contributed by atoms with E-state index in [2.05, 4.69) is 5.32 Å². The summed E-state index contributed by atoms with van der Waals surface area (Å²) in [5, 5.41) is 12.4. The van der Waals surface area contributed by atoms with Crippen LogP contribution in [0.1, 0.15) is 43.0 Å². The Morgan fingerprint density at radius 2 is 1.76 bits per heavy atom. The number of benzene rings is 2. The molecule has 3 fully saturated rings. The van der Waals surface area contributed by atoms with Crippen LogP contribution in [0, 0.1) is 23.5 Å². The van der Waals surface area contributed by atoms with E-state index < -0.39 is 38.2 Å². The van der Waals surface area contributed by atoms with Gasteiger partial charge in [-0.25, -0.2) is 17.2 Å². The van der Waals surface area contributed by atoms with Crippen LogP contribution in [0.3, 0.4) is 0 Å². The third kappa shape index (κ3) is 4.29. The molecule has 2 aromatic carbocycles. The molecule has 10 heteroatoms. The van der Waals surface area contributed by atoms with Crippen molar-refractivity contribution in [2.45, 2.75) is 48.4 Å². The number of anilines is 1. The Kier molecular flexibility index (Phi) is 6.09. The number of carbonyl (C=O) groups excluding carboxylic acids is 2. The van der Waals surface area contributed by atoms with E-state index >= 15 is 0 Å². The summed E-state index contributed by atoms with van der Waals surface area (Å²) < 4.78 is 53.2. The standard InChI is InChI=1S/C23H22ClF2NO5S/c1-12(28)11-23(30)14-7-15(23)9-17(8-14)33(31,32)21-6-13(2-4-18(21)24)22(29)27-16-3-5-19(25)20(26)10-16/h2-6,10,14-15,17,30H,7-9,11H2,1H3,(H,27,29). The summed E-state index contributed by atoms with van der Waals surface area (Å²) in [6.07, 6.45) is 1.07. The lowest BCUT2D eigenvalue weighted by Crippen LogP contribution is -2.62. The molecule has 3 aliphatic rings. The Morgan fingerprint density at radius 1 is 1.09 bits per heavy atom. The summed E-state index contributed by atoms with van der Waals surface area (Å²) in [6.45, 7) is 1.40. The van der Waals surface area contributed by atoms with Gasteiger partial charge in [0, 0.05) is 23.7 Å². The fraction of sp³-hybridized carbons (Fsp3) is 0.391. The number of carbonyl (C=O) groups is 2. The van der Waals surface area contributed by atoms with E-state index in [1.165, 1.54) is 25.1 Å². The molecule has 2 atom stereocenters. The van der Waals surface area contributed by atoms with Crippen molar-refractivity contribution in [2.75, 3.05) is 5.32 Å². The van der Waals surface area contributed by atoms with E-state index in [1.807, 2.05) is 0 Å². The Bertz CT molecular complexity index is 1240. The first-order valence-electron chi connectivity index (χ1n) is 10.4. The predicted molar refractivity (Wildman–Crippen MR) is 118 cm³/mol. The zero-order chi connectivity index (χ0) is 24.1. The Labute approximate surface area is 194 Å². The van der Waals surface area contributed by atoms with Crippen LogP contribution < -0.4 is 5.32 Å². The normalized spacial score (nSPS) is 26.4. The molecule has 0 saturated heterocycles. The number of sulfone groups is 1. The van der Waals surface area contributed by atoms with Gasteiger partial charge in [-0.2, -0.15) is 0 Å². The number of halogens is 3. The average molecular weight is 498 g/mol. The van der Waals surface area contributed by atoms with Gasteiger partial charge >= 0.3 is 0 Å². The van der Waals surface area contributed by atoms with Gasteiger partial charge in [0.25, 0.3) is 5.91 Å². The van der Waals surface area contributed by atoms with E-state index in [0.29, 0.717) is 6.42 Å². The molecule has 5 rings (SSSR count). The van der Waals surface area contributed by atoms with Crippen molar-refractivity contribution in [1.29, 1.82) is 0 Å². The van der Waals surface area contributed by atoms with Crippen LogP contribution in [0.15, 0.2) is 41.3 Å². The van der Waals surface area contributed by atoms with Gasteiger partial charge in [0.1, 0.15) is 5.78 Å². The lowest BCUT2D eigenvalue weighted by Gasteiger charge is -2.58. The topological polar surface area (TPSA) is 101 Å². The van der Waals surface area contributed by atoms with Crippen molar-refractivity contribution >= 4 is 38.8 Å². The summed E-state index contributed by atoms with van der Waals surface area (Å²) in [7, 11) is -3.93. The highest BCUT2D eigenvalue weighted by molar-refractivity contribution is 7.92. The van der Waals surface area contributed by atoms with Gasteiger partial charge in [0.2, 0.25) is 0 Å². The number of hydrogen-bond donors (Lipinski definition) is 2. The number of rotatable bonds is 6. The highest BCUT2D eigenvalue weighted by Crippen LogP contribution is 2.57. The maximum Gasteiger partial charge on any atom is 0.255 e. The first kappa shape index (κ1) is 23.8. The van der Waals surface area contributed by atoms with Crippen LogP contribution in [-0.2, 0) is 14.6 Å². The van der Waals surface area contributed by atoms with Crippen LogP contribution >= 0.6 is 11.6 Å². The van der Waals surface area contributed by atoms with E-state index in [9.17, 15) is 31.9 Å². The third-order valence-corrected chi connectivity index (χ3v) is 9.38. The number of Topliss-reactive ketones (excluding diaryl/α,β-unsaturated/α-hetero) is 1. The van der Waals surface area contributed by atoms with Crippen LogP contribution in [0.4, 0.5) is 14.5 Å². The van der Waals surface area contributed by atoms with Crippen molar-refractivity contribution in [3.8, 4) is 0 Å². The molecule has 0 heterocycles. The molecule has 2 aromatic rings. The zero-order valence-electron chi connectivity index (χ0n) is 17.6. The Hall–Kier alpha value is -2.36. The SMILES string of the molecule is CC(=O)CC1(O)C2CC1CC(S(=O)(=O)c1cc(C(=O)Nc3ccc(F)c(F)c3)ccc1Cl)C2. The van der Waals surface area contributed by atoms with Crippen LogP contribution in [0.25, 0.3) is 0 Å². The van der Waals surface area contributed by atoms with Crippen molar-refractivity contribution < 1.29 is 31.9 Å². The van der Waals surface area contributed by atoms with E-state index in [0.717, 1.165) is 18.2 Å². The fourth-order valence-electron chi connectivity index (χ4n) is 5.02. The smallest absolute Gasteiger partial charge is 0.255 e. The number of ketones is 1. The van der Waals surface area contributed by atoms with Gasteiger partial charge in [-0.05, 0) is 68.4 Å². The molecule has 33 heavy (non-hydrogen) atoms. The fourth-order valence-corrected chi connectivity index (χ4v) is 7.42. The highest BCUT2D eigenvalue weighted by atomic mass is 35.5. The summed E-state index contributed by atoms with van der Waals surface area (Å²) in [5.74, 6) is -3.63. The van der Waals surface area contributed by atoms with E-state index in [1.54, 1.807) is 0 Å². The summed E-state index contributed by atoms with van der Waals surface area (Å²) in [4.78, 5) is 23.9. The number of fused-ring (bicyclic) bond motifs is 2. The van der Waals surface area contributed by atoms with Gasteiger partial charge in [0.05, 0.1) is 20.8 Å². The van der Waals surface area contributed by atoms with E-state index in [4.69, 9.17) is 11.6 Å². The maximum atomic E-state index is 13.4. The first-order chi connectivity index (χ1) is 15.4. The van der Waals surface area contributed by atoms with Crippen LogP contribution in [0.5, 0.6) is 0 Å². The highest BCUT2D eigenvalue weighted by Gasteiger charge is 2.60. The summed E-state index contributed by atoms with van der Waals surface area (Å²) in [6, 6.07) is 6.65. The first-order valence-corrected chi connectivity index (χ1v) is 12.4. The maximum absolute atomic E-state index is 13.4. The summed E-state index contributed by atoms with van der Waals surface area (Å²) >= 11 is 6.18. The minimum absolute atomic E-state index is 0.00942. The molecule has 6 nitrogen and oxygen atoms in total. The molecule has 3 saturated carbocycles. The number of nitrogens with one attached hydrogen (secondary N) is 1. The van der Waals surface area contributed by atoms with Gasteiger partial charge < -0.3 is 10.4 Å². The number of aliphatic hydroxyl groups is 1. The average Bonchev–Trinajstić information content (AvgIpc) is 2.76. The van der Waals surface area contributed by atoms with Gasteiger partial charge in [-0.1, -0.05) is 11.6 Å². The molecule has 3 aliphatic carbocycles. The molecular formula is C23H22ClF2NO5S. The predicted octanol–water partition coefficient (Wildman–Crippen LogP) is 4.15. The van der Waals surface area contributed by atoms with Crippen LogP contribution in [0.2, 0.25) is 5.02 Å². The molecular weight excluding hydrogens is 476 g/mol. The molecule has 2 bridgehead atoms. The minimum Gasteiger partial charge on any atom is -0.389 e. The lowest BCUT2D eigenvalue weighted by molar-refractivity contribution is -0.182. The van der Waals surface area contributed by atoms with E-state index in [-0.39, 0.29) is 58.1 Å². The van der Waals surface area contributed by atoms with Crippen molar-refractivity contribution in [3.05, 3.63) is 58.6 Å². The molecule has 0 radical (unpaired) electrons. The Morgan fingerprint density at radius 3 is 2.36 bits per heavy atom. The molecule has 176 valence electrons. The van der Waals surface area contributed by atoms with Gasteiger partial charge in [0.15, 0.2) is 21.5 Å². The largest absolute Gasteiger partial charge is 0.389 e. The molecule has 0 spiro atoms. The van der Waals surface area contributed by atoms with Crippen LogP contribution in [-0.4, -0.2) is 36.1 Å². The zero-order valence-corrected chi connectivity index (χ0v) is 19.2. The van der Waals surface area contributed by atoms with Gasteiger partial charge in [-0.3, -0.25) is 9.59 Å². The van der Waals surface area contributed by atoms with Crippen molar-refractivity contribution in [1.82, 2.24) is 0 Å². The molecule has 0 aliphatic heterocycles.